The van der Waals surface area contributed by atoms with Gasteiger partial charge in [-0.05, 0) is 26.7 Å². The Balaban J connectivity index is 3.06. The second-order valence-corrected chi connectivity index (χ2v) is 4.58. The van der Waals surface area contributed by atoms with Crippen molar-refractivity contribution in [2.45, 2.75) is 46.6 Å². The molecule has 2 N–H and O–H groups in total. The van der Waals surface area contributed by atoms with Crippen molar-refractivity contribution in [2.24, 2.45) is 0 Å². The fourth-order valence-corrected chi connectivity index (χ4v) is 2.29. The molecule has 1 rings (SSSR count). The summed E-state index contributed by atoms with van der Waals surface area (Å²) in [7, 11) is 0. The number of hydrogen-bond acceptors (Lipinski definition) is 5. The van der Waals surface area contributed by atoms with E-state index in [2.05, 4.69) is 34.0 Å². The van der Waals surface area contributed by atoms with Crippen LogP contribution in [0.5, 0.6) is 0 Å². The minimum absolute atomic E-state index is 0.135. The number of aromatic nitrogens is 2. The number of aliphatic hydroxyl groups is 1. The molecule has 5 heteroatoms. The van der Waals surface area contributed by atoms with Gasteiger partial charge in [-0.15, -0.1) is 0 Å². The van der Waals surface area contributed by atoms with Crippen LogP contribution >= 0.6 is 0 Å². The number of anilines is 2. The molecule has 0 fully saturated rings. The average molecular weight is 266 g/mol. The van der Waals surface area contributed by atoms with Gasteiger partial charge in [0.1, 0.15) is 17.5 Å². The van der Waals surface area contributed by atoms with E-state index in [9.17, 15) is 5.11 Å². The first-order chi connectivity index (χ1) is 9.15. The van der Waals surface area contributed by atoms with Crippen LogP contribution in [0.3, 0.4) is 0 Å². The molecule has 0 atom stereocenters. The highest BCUT2D eigenvalue weighted by Crippen LogP contribution is 2.20. The molecule has 1 heterocycles. The van der Waals surface area contributed by atoms with Crippen molar-refractivity contribution in [1.29, 1.82) is 0 Å². The summed E-state index contributed by atoms with van der Waals surface area (Å²) >= 11 is 0. The fourth-order valence-electron chi connectivity index (χ4n) is 2.29. The van der Waals surface area contributed by atoms with Crippen LogP contribution in [0.15, 0.2) is 6.07 Å². The zero-order valence-corrected chi connectivity index (χ0v) is 12.5. The van der Waals surface area contributed by atoms with Gasteiger partial charge in [0.05, 0.1) is 6.61 Å². The zero-order chi connectivity index (χ0) is 14.3. The van der Waals surface area contributed by atoms with Gasteiger partial charge in [-0.3, -0.25) is 0 Å². The molecule has 0 spiro atoms. The molecular weight excluding hydrogens is 240 g/mol. The molecule has 0 aliphatic carbocycles. The molecule has 108 valence electrons. The van der Waals surface area contributed by atoms with Crippen LogP contribution in [0.1, 0.15) is 39.4 Å². The molecule has 0 aliphatic rings. The van der Waals surface area contributed by atoms with E-state index in [1.807, 2.05) is 19.9 Å². The Hall–Kier alpha value is -1.36. The highest BCUT2D eigenvalue weighted by atomic mass is 16.3. The monoisotopic (exact) mass is 266 g/mol. The fraction of sp³-hybridized carbons (Fsp3) is 0.714. The number of nitrogens with zero attached hydrogens (tertiary/aromatic N) is 3. The van der Waals surface area contributed by atoms with Gasteiger partial charge >= 0.3 is 0 Å². The Labute approximate surface area is 116 Å². The normalized spacial score (nSPS) is 10.8. The van der Waals surface area contributed by atoms with Gasteiger partial charge in [0, 0.05) is 25.2 Å². The predicted octanol–water partition coefficient (Wildman–Crippen LogP) is 2.20. The minimum Gasteiger partial charge on any atom is -0.395 e. The molecule has 0 aromatic carbocycles. The standard InChI is InChI=1S/C14H26N4O/c1-5-12(6-2)18(8-9-19)14-10-13(15-7-3)16-11(4)17-14/h10,12,19H,5-9H2,1-4H3,(H,15,16,17). The molecule has 0 saturated carbocycles. The maximum atomic E-state index is 9.28. The van der Waals surface area contributed by atoms with Crippen LogP contribution in [-0.2, 0) is 0 Å². The van der Waals surface area contributed by atoms with Crippen LogP contribution in [0.2, 0.25) is 0 Å². The molecule has 1 aromatic rings. The number of rotatable bonds is 8. The summed E-state index contributed by atoms with van der Waals surface area (Å²) < 4.78 is 0. The first-order valence-electron chi connectivity index (χ1n) is 7.13. The third kappa shape index (κ3) is 4.35. The molecule has 0 saturated heterocycles. The van der Waals surface area contributed by atoms with Crippen molar-refractivity contribution < 1.29 is 5.11 Å². The lowest BCUT2D eigenvalue weighted by atomic mass is 10.1. The maximum Gasteiger partial charge on any atom is 0.134 e. The Kier molecular flexibility index (Phi) is 6.56. The number of hydrogen-bond donors (Lipinski definition) is 2. The summed E-state index contributed by atoms with van der Waals surface area (Å²) in [5.74, 6) is 2.49. The van der Waals surface area contributed by atoms with E-state index in [0.717, 1.165) is 36.8 Å². The van der Waals surface area contributed by atoms with Crippen molar-refractivity contribution in [3.05, 3.63) is 11.9 Å². The van der Waals surface area contributed by atoms with Crippen molar-refractivity contribution in [3.8, 4) is 0 Å². The van der Waals surface area contributed by atoms with Crippen molar-refractivity contribution >= 4 is 11.6 Å². The first-order valence-corrected chi connectivity index (χ1v) is 7.13. The average Bonchev–Trinajstić information content (AvgIpc) is 2.38. The zero-order valence-electron chi connectivity index (χ0n) is 12.5. The molecule has 0 bridgehead atoms. The molecular formula is C14H26N4O. The molecule has 1 aromatic heterocycles. The van der Waals surface area contributed by atoms with Gasteiger partial charge in [0.2, 0.25) is 0 Å². The second kappa shape index (κ2) is 7.94. The van der Waals surface area contributed by atoms with Gasteiger partial charge in [0.25, 0.3) is 0 Å². The van der Waals surface area contributed by atoms with Gasteiger partial charge in [-0.2, -0.15) is 0 Å². The van der Waals surface area contributed by atoms with Crippen LogP contribution in [0.4, 0.5) is 11.6 Å². The van der Waals surface area contributed by atoms with Crippen LogP contribution in [-0.4, -0.2) is 40.8 Å². The number of aliphatic hydroxyl groups excluding tert-OH is 1. The lowest BCUT2D eigenvalue weighted by molar-refractivity contribution is 0.295. The summed E-state index contributed by atoms with van der Waals surface area (Å²) in [4.78, 5) is 11.1. The maximum absolute atomic E-state index is 9.28. The summed E-state index contributed by atoms with van der Waals surface area (Å²) in [6, 6.07) is 2.36. The van der Waals surface area contributed by atoms with E-state index in [1.54, 1.807) is 0 Å². The molecule has 5 nitrogen and oxygen atoms in total. The highest BCUT2D eigenvalue weighted by Gasteiger charge is 2.17. The van der Waals surface area contributed by atoms with Gasteiger partial charge in [-0.25, -0.2) is 9.97 Å². The second-order valence-electron chi connectivity index (χ2n) is 4.58. The molecule has 19 heavy (non-hydrogen) atoms. The van der Waals surface area contributed by atoms with Gasteiger partial charge < -0.3 is 15.3 Å². The van der Waals surface area contributed by atoms with Crippen molar-refractivity contribution in [2.75, 3.05) is 29.9 Å². The topological polar surface area (TPSA) is 61.3 Å². The third-order valence-electron chi connectivity index (χ3n) is 3.20. The first kappa shape index (κ1) is 15.7. The van der Waals surface area contributed by atoms with E-state index in [0.29, 0.717) is 12.6 Å². The highest BCUT2D eigenvalue weighted by molar-refractivity contribution is 5.50. The largest absolute Gasteiger partial charge is 0.395 e. The van der Waals surface area contributed by atoms with E-state index < -0.39 is 0 Å². The Morgan fingerprint density at radius 2 is 1.95 bits per heavy atom. The van der Waals surface area contributed by atoms with Crippen LogP contribution in [0.25, 0.3) is 0 Å². The predicted molar refractivity (Wildman–Crippen MR) is 79.7 cm³/mol. The quantitative estimate of drug-likeness (QED) is 0.755. The Bertz CT molecular complexity index is 380. The van der Waals surface area contributed by atoms with Crippen LogP contribution in [0, 0.1) is 6.92 Å². The minimum atomic E-state index is 0.135. The Morgan fingerprint density at radius 1 is 1.26 bits per heavy atom. The van der Waals surface area contributed by atoms with Crippen molar-refractivity contribution in [1.82, 2.24) is 9.97 Å². The summed E-state index contributed by atoms with van der Waals surface area (Å²) in [5.41, 5.74) is 0. The molecule has 0 amide bonds. The molecule has 0 unspecified atom stereocenters. The third-order valence-corrected chi connectivity index (χ3v) is 3.20. The van der Waals surface area contributed by atoms with E-state index in [-0.39, 0.29) is 6.61 Å². The summed E-state index contributed by atoms with van der Waals surface area (Å²) in [5, 5.41) is 12.5. The summed E-state index contributed by atoms with van der Waals surface area (Å²) in [6.07, 6.45) is 2.08. The smallest absolute Gasteiger partial charge is 0.134 e. The van der Waals surface area contributed by atoms with Gasteiger partial charge in [-0.1, -0.05) is 13.8 Å². The van der Waals surface area contributed by atoms with E-state index in [1.165, 1.54) is 0 Å². The van der Waals surface area contributed by atoms with E-state index >= 15 is 0 Å². The van der Waals surface area contributed by atoms with Crippen LogP contribution < -0.4 is 10.2 Å². The molecule has 0 radical (unpaired) electrons. The van der Waals surface area contributed by atoms with E-state index in [4.69, 9.17) is 0 Å². The van der Waals surface area contributed by atoms with Crippen molar-refractivity contribution in [3.63, 3.8) is 0 Å². The van der Waals surface area contributed by atoms with Gasteiger partial charge in [0.15, 0.2) is 0 Å². The Morgan fingerprint density at radius 3 is 2.47 bits per heavy atom. The summed E-state index contributed by atoms with van der Waals surface area (Å²) in [6.45, 7) is 9.85. The lowest BCUT2D eigenvalue weighted by Crippen LogP contribution is -2.37. The number of aryl methyl sites for hydroxylation is 1. The molecule has 0 aliphatic heterocycles. The number of nitrogens with one attached hydrogen (secondary N) is 1. The lowest BCUT2D eigenvalue weighted by Gasteiger charge is -2.31. The SMILES string of the molecule is CCNc1cc(N(CCO)C(CC)CC)nc(C)n1.